The number of aliphatic imine (C=N–C) groups is 2. The van der Waals surface area contributed by atoms with Crippen LogP contribution in [0.4, 0.5) is 11.5 Å². The second-order valence-corrected chi connectivity index (χ2v) is 8.78. The zero-order valence-corrected chi connectivity index (χ0v) is 23.3. The van der Waals surface area contributed by atoms with Crippen LogP contribution in [0, 0.1) is 5.41 Å². The number of anilines is 2. The van der Waals surface area contributed by atoms with Crippen LogP contribution in [0.1, 0.15) is 59.1 Å². The van der Waals surface area contributed by atoms with Crippen molar-refractivity contribution in [3.8, 4) is 0 Å². The van der Waals surface area contributed by atoms with Gasteiger partial charge in [0.2, 0.25) is 0 Å². The molecule has 8 N–H and O–H groups in total. The van der Waals surface area contributed by atoms with Crippen molar-refractivity contribution in [2.75, 3.05) is 11.1 Å². The fourth-order valence-corrected chi connectivity index (χ4v) is 4.31. The molecule has 1 atom stereocenters. The van der Waals surface area contributed by atoms with Crippen LogP contribution in [0.5, 0.6) is 0 Å². The number of amides is 1. The lowest BCUT2D eigenvalue weighted by atomic mass is 10.0. The number of carbonyl (C=O) groups is 1. The van der Waals surface area contributed by atoms with Gasteiger partial charge in [0.25, 0.3) is 5.91 Å². The van der Waals surface area contributed by atoms with E-state index in [1.54, 1.807) is 37.7 Å². The predicted octanol–water partition coefficient (Wildman–Crippen LogP) is 3.13. The normalized spacial score (nSPS) is 16.4. The molecule has 0 saturated heterocycles. The number of hydrogen-bond acceptors (Lipinski definition) is 8. The first-order chi connectivity index (χ1) is 18.8. The number of aromatic amines is 1. The van der Waals surface area contributed by atoms with Gasteiger partial charge in [0.05, 0.1) is 11.1 Å². The quantitative estimate of drug-likeness (QED) is 0.204. The largest absolute Gasteiger partial charge is 0.398 e. The maximum atomic E-state index is 12.8. The number of benzene rings is 1. The van der Waals surface area contributed by atoms with E-state index in [9.17, 15) is 4.79 Å². The number of pyridine rings is 1. The van der Waals surface area contributed by atoms with Crippen LogP contribution >= 0.6 is 0 Å². The minimum absolute atomic E-state index is 0.0808. The van der Waals surface area contributed by atoms with Crippen molar-refractivity contribution in [2.45, 2.75) is 54.1 Å². The summed E-state index contributed by atoms with van der Waals surface area (Å²) in [7, 11) is 0. The molecule has 204 valence electrons. The van der Waals surface area contributed by atoms with E-state index in [1.165, 1.54) is 6.21 Å². The lowest BCUT2D eigenvalue weighted by Gasteiger charge is -2.22. The summed E-state index contributed by atoms with van der Waals surface area (Å²) in [5.74, 6) is -0.0946. The van der Waals surface area contributed by atoms with Crippen LogP contribution in [-0.4, -0.2) is 39.7 Å². The highest BCUT2D eigenvalue weighted by molar-refractivity contribution is 6.17. The van der Waals surface area contributed by atoms with E-state index in [4.69, 9.17) is 21.9 Å². The van der Waals surface area contributed by atoms with E-state index in [-0.39, 0.29) is 11.9 Å². The molecule has 39 heavy (non-hydrogen) atoms. The Labute approximate surface area is 228 Å². The smallest absolute Gasteiger partial charge is 0.269 e. The first-order valence-corrected chi connectivity index (χ1v) is 12.9. The maximum absolute atomic E-state index is 12.8. The molecule has 3 aromatic rings. The second-order valence-electron chi connectivity index (χ2n) is 8.78. The van der Waals surface area contributed by atoms with Crippen molar-refractivity contribution in [3.63, 3.8) is 0 Å². The van der Waals surface area contributed by atoms with Gasteiger partial charge in [0.1, 0.15) is 12.0 Å². The van der Waals surface area contributed by atoms with Gasteiger partial charge in [-0.25, -0.2) is 9.98 Å². The Hall–Kier alpha value is -4.73. The van der Waals surface area contributed by atoms with Crippen molar-refractivity contribution in [3.05, 3.63) is 64.6 Å². The SMILES string of the molecule is CC.CC/C(C)=c1/c(=C(\N=C(C)c2cccnc2NC2NC=CN=C2C)C(N)=O)[nH]c2ccc(N)c(C=N)c12. The fourth-order valence-electron chi connectivity index (χ4n) is 4.31. The number of nitrogen functional groups attached to an aromatic ring is 1. The van der Waals surface area contributed by atoms with E-state index in [0.717, 1.165) is 33.8 Å². The van der Waals surface area contributed by atoms with Gasteiger partial charge in [-0.1, -0.05) is 26.3 Å². The van der Waals surface area contributed by atoms with Gasteiger partial charge in [-0.15, -0.1) is 0 Å². The van der Waals surface area contributed by atoms with Crippen molar-refractivity contribution in [1.29, 1.82) is 5.41 Å². The molecule has 1 amide bonds. The van der Waals surface area contributed by atoms with Crippen LogP contribution in [0.3, 0.4) is 0 Å². The molecule has 0 spiro atoms. The maximum Gasteiger partial charge on any atom is 0.269 e. The first kappa shape index (κ1) is 28.8. The second kappa shape index (κ2) is 12.7. The van der Waals surface area contributed by atoms with Gasteiger partial charge < -0.3 is 32.5 Å². The van der Waals surface area contributed by atoms with Crippen molar-refractivity contribution in [2.24, 2.45) is 15.7 Å². The Morgan fingerprint density at radius 2 is 2.00 bits per heavy atom. The molecule has 4 rings (SSSR count). The van der Waals surface area contributed by atoms with Crippen LogP contribution < -0.4 is 32.7 Å². The predicted molar refractivity (Wildman–Crippen MR) is 162 cm³/mol. The molecule has 3 heterocycles. The van der Waals surface area contributed by atoms with Crippen molar-refractivity contribution in [1.82, 2.24) is 15.3 Å². The number of aromatic nitrogens is 2. The summed E-state index contributed by atoms with van der Waals surface area (Å²) in [5, 5.41) is 16.5. The van der Waals surface area contributed by atoms with E-state index in [2.05, 4.69) is 25.6 Å². The summed E-state index contributed by atoms with van der Waals surface area (Å²) in [6.45, 7) is 11.7. The van der Waals surface area contributed by atoms with Crippen LogP contribution in [-0.2, 0) is 4.79 Å². The van der Waals surface area contributed by atoms with Crippen LogP contribution in [0.15, 0.2) is 52.8 Å². The van der Waals surface area contributed by atoms with Gasteiger partial charge in [0, 0.05) is 63.5 Å². The summed E-state index contributed by atoms with van der Waals surface area (Å²) in [6, 6.07) is 7.25. The number of carbonyl (C=O) groups excluding carboxylic acids is 1. The van der Waals surface area contributed by atoms with Crippen molar-refractivity contribution >= 4 is 57.2 Å². The fraction of sp³-hybridized carbons (Fsp3) is 0.276. The standard InChI is InChI=1S/C27H31N9O.C2H6/c1-5-14(2)21-22-18(13-28)19(29)8-9-20(22)35-23(21)24(25(30)37)34-15(3)17-7-6-10-32-27(17)36-26-16(4)31-11-12-33-26;1-2/h6-13,26,28,33,35H,5,29H2,1-4H3,(H2,30,37)(H,32,36);1-2H3/b21-14+,24-23+,28-13?,34-15?;. The molecular formula is C29H37N9O. The minimum atomic E-state index is -0.680. The summed E-state index contributed by atoms with van der Waals surface area (Å²) in [6.07, 6.45) is 6.85. The third-order valence-electron chi connectivity index (χ3n) is 6.40. The summed E-state index contributed by atoms with van der Waals surface area (Å²) < 4.78 is 0. The molecule has 10 heteroatoms. The Morgan fingerprint density at radius 3 is 2.64 bits per heavy atom. The molecule has 1 aliphatic rings. The monoisotopic (exact) mass is 527 g/mol. The zero-order chi connectivity index (χ0) is 28.7. The topological polar surface area (TPSA) is 170 Å². The first-order valence-electron chi connectivity index (χ1n) is 12.9. The number of rotatable bonds is 7. The minimum Gasteiger partial charge on any atom is -0.398 e. The molecule has 10 nitrogen and oxygen atoms in total. The molecule has 0 radical (unpaired) electrons. The Kier molecular flexibility index (Phi) is 9.38. The highest BCUT2D eigenvalue weighted by Crippen LogP contribution is 2.20. The molecule has 0 fully saturated rings. The van der Waals surface area contributed by atoms with E-state index < -0.39 is 5.91 Å². The molecule has 1 aliphatic heterocycles. The molecule has 0 bridgehead atoms. The number of nitrogens with one attached hydrogen (secondary N) is 4. The number of H-pyrrole nitrogens is 1. The number of fused-ring (bicyclic) bond motifs is 1. The Bertz CT molecular complexity index is 1610. The highest BCUT2D eigenvalue weighted by Gasteiger charge is 2.18. The molecule has 1 unspecified atom stereocenters. The molecule has 1 aromatic carbocycles. The molecular weight excluding hydrogens is 490 g/mol. The third-order valence-corrected chi connectivity index (χ3v) is 6.40. The number of hydrogen-bond donors (Lipinski definition) is 6. The average molecular weight is 528 g/mol. The molecule has 0 saturated carbocycles. The zero-order valence-electron chi connectivity index (χ0n) is 23.3. The molecule has 2 aromatic heterocycles. The third kappa shape index (κ3) is 5.90. The van der Waals surface area contributed by atoms with Gasteiger partial charge in [-0.2, -0.15) is 0 Å². The van der Waals surface area contributed by atoms with Crippen molar-refractivity contribution < 1.29 is 4.79 Å². The number of primary amides is 1. The van der Waals surface area contributed by atoms with Gasteiger partial charge in [0.15, 0.2) is 5.70 Å². The van der Waals surface area contributed by atoms with Crippen LogP contribution in [0.2, 0.25) is 0 Å². The summed E-state index contributed by atoms with van der Waals surface area (Å²) in [5.41, 5.74) is 17.1. The summed E-state index contributed by atoms with van der Waals surface area (Å²) >= 11 is 0. The lowest BCUT2D eigenvalue weighted by molar-refractivity contribution is -0.113. The highest BCUT2D eigenvalue weighted by atomic mass is 16.1. The van der Waals surface area contributed by atoms with Gasteiger partial charge in [-0.3, -0.25) is 9.79 Å². The summed E-state index contributed by atoms with van der Waals surface area (Å²) in [4.78, 5) is 29.6. The number of nitrogens with zero attached hydrogens (tertiary/aromatic N) is 3. The van der Waals surface area contributed by atoms with Crippen LogP contribution in [0.25, 0.3) is 22.2 Å². The Balaban J connectivity index is 0.00000205. The molecule has 0 aliphatic carbocycles. The number of nitrogens with two attached hydrogens (primary N) is 2. The Morgan fingerprint density at radius 1 is 1.26 bits per heavy atom. The van der Waals surface area contributed by atoms with E-state index >= 15 is 0 Å². The average Bonchev–Trinajstić information content (AvgIpc) is 3.32. The lowest BCUT2D eigenvalue weighted by Crippen LogP contribution is -2.41. The van der Waals surface area contributed by atoms with Gasteiger partial charge >= 0.3 is 0 Å². The van der Waals surface area contributed by atoms with E-state index in [1.807, 2.05) is 46.8 Å². The van der Waals surface area contributed by atoms with E-state index in [0.29, 0.717) is 33.7 Å². The van der Waals surface area contributed by atoms with Gasteiger partial charge in [-0.05, 0) is 51.5 Å².